The molecule has 1 unspecified atom stereocenters. The molecular formula is C16H28N2. The van der Waals surface area contributed by atoms with Crippen LogP contribution in [0.25, 0.3) is 0 Å². The molecule has 0 bridgehead atoms. The summed E-state index contributed by atoms with van der Waals surface area (Å²) >= 11 is 0. The fraction of sp³-hybridized carbons (Fsp3) is 0.625. The summed E-state index contributed by atoms with van der Waals surface area (Å²) in [7, 11) is 2.21. The lowest BCUT2D eigenvalue weighted by molar-refractivity contribution is 0.291. The molecule has 0 saturated heterocycles. The Labute approximate surface area is 112 Å². The molecule has 2 nitrogen and oxygen atoms in total. The van der Waals surface area contributed by atoms with Crippen LogP contribution in [0.1, 0.15) is 43.9 Å². The molecule has 0 aliphatic rings. The third-order valence-electron chi connectivity index (χ3n) is 3.18. The maximum absolute atomic E-state index is 3.66. The summed E-state index contributed by atoms with van der Waals surface area (Å²) < 4.78 is 0. The molecule has 1 aromatic carbocycles. The van der Waals surface area contributed by atoms with E-state index >= 15 is 0 Å². The third-order valence-corrected chi connectivity index (χ3v) is 3.18. The first-order valence-corrected chi connectivity index (χ1v) is 7.15. The second-order valence-electron chi connectivity index (χ2n) is 5.18. The van der Waals surface area contributed by atoms with Crippen LogP contribution in [0.4, 0.5) is 0 Å². The van der Waals surface area contributed by atoms with Crippen LogP contribution in [0.3, 0.4) is 0 Å². The Kier molecular flexibility index (Phi) is 6.99. The monoisotopic (exact) mass is 248 g/mol. The van der Waals surface area contributed by atoms with Crippen molar-refractivity contribution in [3.63, 3.8) is 0 Å². The van der Waals surface area contributed by atoms with E-state index in [0.29, 0.717) is 6.04 Å². The maximum Gasteiger partial charge on any atom is 0.0449 e. The Morgan fingerprint density at radius 3 is 2.61 bits per heavy atom. The van der Waals surface area contributed by atoms with E-state index < -0.39 is 0 Å². The average Bonchev–Trinajstić information content (AvgIpc) is 2.34. The summed E-state index contributed by atoms with van der Waals surface area (Å²) in [5, 5.41) is 3.66. The number of benzene rings is 1. The van der Waals surface area contributed by atoms with Gasteiger partial charge in [-0.15, -0.1) is 0 Å². The van der Waals surface area contributed by atoms with Gasteiger partial charge in [-0.05, 0) is 45.5 Å². The summed E-state index contributed by atoms with van der Waals surface area (Å²) in [6.45, 7) is 9.94. The van der Waals surface area contributed by atoms with Gasteiger partial charge >= 0.3 is 0 Å². The quantitative estimate of drug-likeness (QED) is 0.759. The van der Waals surface area contributed by atoms with Gasteiger partial charge in [0.05, 0.1) is 0 Å². The fourth-order valence-corrected chi connectivity index (χ4v) is 2.28. The summed E-state index contributed by atoms with van der Waals surface area (Å²) in [5.41, 5.74) is 2.75. The van der Waals surface area contributed by atoms with E-state index in [2.05, 4.69) is 62.3 Å². The second-order valence-corrected chi connectivity index (χ2v) is 5.18. The molecule has 0 spiro atoms. The summed E-state index contributed by atoms with van der Waals surface area (Å²) in [6.07, 6.45) is 2.39. The van der Waals surface area contributed by atoms with Crippen molar-refractivity contribution in [2.45, 2.75) is 39.7 Å². The normalized spacial score (nSPS) is 12.9. The Morgan fingerprint density at radius 1 is 1.22 bits per heavy atom. The lowest BCUT2D eigenvalue weighted by Gasteiger charge is -2.25. The smallest absolute Gasteiger partial charge is 0.0449 e. The Balaban J connectivity index is 2.70. The first-order valence-electron chi connectivity index (χ1n) is 7.15. The van der Waals surface area contributed by atoms with Crippen molar-refractivity contribution in [3.8, 4) is 0 Å². The SMILES string of the molecule is CCCNC(CN(C)CCC)c1cccc(C)c1. The summed E-state index contributed by atoms with van der Waals surface area (Å²) in [6, 6.07) is 9.30. The van der Waals surface area contributed by atoms with E-state index in [0.717, 1.165) is 19.6 Å². The van der Waals surface area contributed by atoms with Crippen LogP contribution in [0.5, 0.6) is 0 Å². The fourth-order valence-electron chi connectivity index (χ4n) is 2.28. The van der Waals surface area contributed by atoms with E-state index in [4.69, 9.17) is 0 Å². The molecular weight excluding hydrogens is 220 g/mol. The lowest BCUT2D eigenvalue weighted by Crippen LogP contribution is -2.34. The minimum absolute atomic E-state index is 0.446. The molecule has 1 N–H and O–H groups in total. The number of nitrogens with zero attached hydrogens (tertiary/aromatic N) is 1. The highest BCUT2D eigenvalue weighted by Gasteiger charge is 2.12. The highest BCUT2D eigenvalue weighted by Crippen LogP contribution is 2.15. The van der Waals surface area contributed by atoms with Crippen molar-refractivity contribution in [2.24, 2.45) is 0 Å². The highest BCUT2D eigenvalue weighted by atomic mass is 15.1. The van der Waals surface area contributed by atoms with Gasteiger partial charge in [-0.2, -0.15) is 0 Å². The first kappa shape index (κ1) is 15.2. The zero-order chi connectivity index (χ0) is 13.4. The molecule has 0 fully saturated rings. The zero-order valence-electron chi connectivity index (χ0n) is 12.4. The van der Waals surface area contributed by atoms with Crippen LogP contribution in [0, 0.1) is 6.92 Å². The van der Waals surface area contributed by atoms with E-state index in [9.17, 15) is 0 Å². The number of hydrogen-bond donors (Lipinski definition) is 1. The van der Waals surface area contributed by atoms with Gasteiger partial charge in [-0.1, -0.05) is 43.7 Å². The molecule has 18 heavy (non-hydrogen) atoms. The molecule has 2 heteroatoms. The van der Waals surface area contributed by atoms with Gasteiger partial charge in [0.15, 0.2) is 0 Å². The molecule has 1 rings (SSSR count). The van der Waals surface area contributed by atoms with Gasteiger partial charge in [0.2, 0.25) is 0 Å². The molecule has 0 aromatic heterocycles. The zero-order valence-corrected chi connectivity index (χ0v) is 12.4. The van der Waals surface area contributed by atoms with Crippen molar-refractivity contribution < 1.29 is 0 Å². The van der Waals surface area contributed by atoms with Crippen LogP contribution in [0.15, 0.2) is 24.3 Å². The lowest BCUT2D eigenvalue weighted by atomic mass is 10.0. The number of hydrogen-bond acceptors (Lipinski definition) is 2. The van der Waals surface area contributed by atoms with E-state index in [1.54, 1.807) is 0 Å². The number of rotatable bonds is 8. The Hall–Kier alpha value is -0.860. The van der Waals surface area contributed by atoms with Crippen molar-refractivity contribution >= 4 is 0 Å². The molecule has 0 radical (unpaired) electrons. The minimum Gasteiger partial charge on any atom is -0.309 e. The summed E-state index contributed by atoms with van der Waals surface area (Å²) in [4.78, 5) is 2.41. The van der Waals surface area contributed by atoms with E-state index in [-0.39, 0.29) is 0 Å². The van der Waals surface area contributed by atoms with Crippen LogP contribution in [-0.2, 0) is 0 Å². The van der Waals surface area contributed by atoms with Gasteiger partial charge in [0.25, 0.3) is 0 Å². The van der Waals surface area contributed by atoms with Crippen molar-refractivity contribution in [3.05, 3.63) is 35.4 Å². The molecule has 0 heterocycles. The largest absolute Gasteiger partial charge is 0.309 e. The van der Waals surface area contributed by atoms with Crippen LogP contribution >= 0.6 is 0 Å². The molecule has 0 saturated carbocycles. The van der Waals surface area contributed by atoms with Gasteiger partial charge in [0.1, 0.15) is 0 Å². The van der Waals surface area contributed by atoms with Gasteiger partial charge < -0.3 is 10.2 Å². The van der Waals surface area contributed by atoms with Gasteiger partial charge in [-0.3, -0.25) is 0 Å². The molecule has 0 amide bonds. The summed E-state index contributed by atoms with van der Waals surface area (Å²) in [5.74, 6) is 0. The third kappa shape index (κ3) is 5.19. The van der Waals surface area contributed by atoms with E-state index in [1.165, 1.54) is 24.0 Å². The van der Waals surface area contributed by atoms with Gasteiger partial charge in [0, 0.05) is 12.6 Å². The minimum atomic E-state index is 0.446. The molecule has 0 aliphatic heterocycles. The Bertz CT molecular complexity index is 336. The average molecular weight is 248 g/mol. The Morgan fingerprint density at radius 2 is 2.00 bits per heavy atom. The van der Waals surface area contributed by atoms with Crippen LogP contribution < -0.4 is 5.32 Å². The number of aryl methyl sites for hydroxylation is 1. The van der Waals surface area contributed by atoms with Crippen molar-refractivity contribution in [2.75, 3.05) is 26.7 Å². The maximum atomic E-state index is 3.66. The molecule has 1 aromatic rings. The number of nitrogens with one attached hydrogen (secondary N) is 1. The first-order chi connectivity index (χ1) is 8.67. The predicted octanol–water partition coefficient (Wildman–Crippen LogP) is 3.38. The topological polar surface area (TPSA) is 15.3 Å². The number of likely N-dealkylation sites (N-methyl/N-ethyl adjacent to an activating group) is 1. The predicted molar refractivity (Wildman–Crippen MR) is 80.0 cm³/mol. The van der Waals surface area contributed by atoms with Gasteiger partial charge in [-0.25, -0.2) is 0 Å². The van der Waals surface area contributed by atoms with Crippen molar-refractivity contribution in [1.29, 1.82) is 0 Å². The van der Waals surface area contributed by atoms with Crippen molar-refractivity contribution in [1.82, 2.24) is 10.2 Å². The van der Waals surface area contributed by atoms with Crippen LogP contribution in [0.2, 0.25) is 0 Å². The standard InChI is InChI=1S/C16H28N2/c1-5-10-17-16(13-18(4)11-6-2)15-9-7-8-14(3)12-15/h7-9,12,16-17H,5-6,10-11,13H2,1-4H3. The molecule has 102 valence electrons. The molecule has 1 atom stereocenters. The highest BCUT2D eigenvalue weighted by molar-refractivity contribution is 5.25. The van der Waals surface area contributed by atoms with E-state index in [1.807, 2.05) is 0 Å². The van der Waals surface area contributed by atoms with Crippen LogP contribution in [-0.4, -0.2) is 31.6 Å². The second kappa shape index (κ2) is 8.28. The molecule has 0 aliphatic carbocycles.